The molecule has 0 radical (unpaired) electrons. The number of rotatable bonds is 7. The predicted octanol–water partition coefficient (Wildman–Crippen LogP) is 1.60. The maximum atomic E-state index is 12.8. The van der Waals surface area contributed by atoms with E-state index < -0.39 is 10.0 Å². The zero-order chi connectivity index (χ0) is 15.3. The maximum absolute atomic E-state index is 12.8. The normalized spacial score (nSPS) is 20.0. The Balaban J connectivity index is 2.20. The van der Waals surface area contributed by atoms with E-state index in [2.05, 4.69) is 12.2 Å². The predicted molar refractivity (Wildman–Crippen MR) is 82.6 cm³/mol. The Labute approximate surface area is 127 Å². The minimum atomic E-state index is -3.44. The van der Waals surface area contributed by atoms with Gasteiger partial charge < -0.3 is 10.1 Å². The summed E-state index contributed by atoms with van der Waals surface area (Å²) in [5.41, 5.74) is 0.826. The van der Waals surface area contributed by atoms with Crippen molar-refractivity contribution in [3.63, 3.8) is 0 Å². The number of hydrogen-bond acceptors (Lipinski definition) is 4. The smallest absolute Gasteiger partial charge is 0.243 e. The van der Waals surface area contributed by atoms with Crippen LogP contribution in [0.1, 0.15) is 25.3 Å². The lowest BCUT2D eigenvalue weighted by Crippen LogP contribution is -2.31. The SMILES string of the molecule is CCCNCc1ccccc1S(=O)(=O)N1CCC(OC)C1. The Kier molecular flexibility index (Phi) is 5.75. The molecule has 1 aliphatic heterocycles. The number of nitrogens with one attached hydrogen (secondary N) is 1. The molecule has 1 N–H and O–H groups in total. The number of sulfonamides is 1. The van der Waals surface area contributed by atoms with Crippen molar-refractivity contribution in [2.75, 3.05) is 26.7 Å². The standard InChI is InChI=1S/C15H24N2O3S/c1-3-9-16-11-13-6-4-5-7-15(13)21(18,19)17-10-8-14(12-17)20-2/h4-7,14,16H,3,8-12H2,1-2H3. The Morgan fingerprint density at radius 3 is 2.81 bits per heavy atom. The monoisotopic (exact) mass is 312 g/mol. The second-order valence-corrected chi connectivity index (χ2v) is 7.20. The molecule has 0 aromatic heterocycles. The van der Waals surface area contributed by atoms with Crippen LogP contribution in [0.4, 0.5) is 0 Å². The molecule has 2 rings (SSSR count). The second-order valence-electron chi connectivity index (χ2n) is 5.29. The van der Waals surface area contributed by atoms with Crippen LogP contribution < -0.4 is 5.32 Å². The Morgan fingerprint density at radius 2 is 2.14 bits per heavy atom. The summed E-state index contributed by atoms with van der Waals surface area (Å²) in [6.07, 6.45) is 1.79. The minimum Gasteiger partial charge on any atom is -0.380 e. The van der Waals surface area contributed by atoms with E-state index in [-0.39, 0.29) is 6.10 Å². The van der Waals surface area contributed by atoms with Gasteiger partial charge in [0.2, 0.25) is 10.0 Å². The highest BCUT2D eigenvalue weighted by Crippen LogP contribution is 2.24. The van der Waals surface area contributed by atoms with Crippen molar-refractivity contribution in [1.29, 1.82) is 0 Å². The van der Waals surface area contributed by atoms with Gasteiger partial charge in [-0.25, -0.2) is 8.42 Å². The van der Waals surface area contributed by atoms with Crippen molar-refractivity contribution in [2.24, 2.45) is 0 Å². The summed E-state index contributed by atoms with van der Waals surface area (Å²) >= 11 is 0. The molecule has 21 heavy (non-hydrogen) atoms. The number of benzene rings is 1. The second kappa shape index (κ2) is 7.35. The fourth-order valence-corrected chi connectivity index (χ4v) is 4.26. The van der Waals surface area contributed by atoms with Gasteiger partial charge in [-0.1, -0.05) is 25.1 Å². The van der Waals surface area contributed by atoms with Gasteiger partial charge in [-0.3, -0.25) is 0 Å². The third kappa shape index (κ3) is 3.83. The van der Waals surface area contributed by atoms with Crippen LogP contribution in [0.3, 0.4) is 0 Å². The highest BCUT2D eigenvalue weighted by atomic mass is 32.2. The van der Waals surface area contributed by atoms with Gasteiger partial charge in [0.1, 0.15) is 0 Å². The van der Waals surface area contributed by atoms with Crippen molar-refractivity contribution < 1.29 is 13.2 Å². The summed E-state index contributed by atoms with van der Waals surface area (Å²) in [6, 6.07) is 7.22. The largest absolute Gasteiger partial charge is 0.380 e. The van der Waals surface area contributed by atoms with Gasteiger partial charge in [-0.05, 0) is 31.0 Å². The quantitative estimate of drug-likeness (QED) is 0.777. The van der Waals surface area contributed by atoms with Gasteiger partial charge in [0.25, 0.3) is 0 Å². The lowest BCUT2D eigenvalue weighted by molar-refractivity contribution is 0.115. The van der Waals surface area contributed by atoms with E-state index in [4.69, 9.17) is 4.74 Å². The van der Waals surface area contributed by atoms with Crippen LogP contribution >= 0.6 is 0 Å². The zero-order valence-corrected chi connectivity index (χ0v) is 13.5. The third-order valence-electron chi connectivity index (χ3n) is 3.77. The summed E-state index contributed by atoms with van der Waals surface area (Å²) in [7, 11) is -1.81. The van der Waals surface area contributed by atoms with E-state index in [0.717, 1.165) is 24.9 Å². The summed E-state index contributed by atoms with van der Waals surface area (Å²) in [4.78, 5) is 0.408. The van der Waals surface area contributed by atoms with Crippen molar-refractivity contribution in [2.45, 2.75) is 37.3 Å². The van der Waals surface area contributed by atoms with Crippen molar-refractivity contribution in [3.05, 3.63) is 29.8 Å². The Hall–Kier alpha value is -0.950. The molecule has 1 aromatic carbocycles. The maximum Gasteiger partial charge on any atom is 0.243 e. The first kappa shape index (κ1) is 16.4. The number of methoxy groups -OCH3 is 1. The molecule has 1 aliphatic rings. The topological polar surface area (TPSA) is 58.6 Å². The van der Waals surface area contributed by atoms with Crippen LogP contribution in [-0.4, -0.2) is 45.6 Å². The van der Waals surface area contributed by atoms with Gasteiger partial charge in [-0.15, -0.1) is 0 Å². The molecule has 0 bridgehead atoms. The molecule has 1 heterocycles. The minimum absolute atomic E-state index is 0.00477. The summed E-state index contributed by atoms with van der Waals surface area (Å²) < 4.78 is 32.4. The van der Waals surface area contributed by atoms with Crippen molar-refractivity contribution >= 4 is 10.0 Å². The summed E-state index contributed by atoms with van der Waals surface area (Å²) in [5.74, 6) is 0. The van der Waals surface area contributed by atoms with E-state index >= 15 is 0 Å². The fourth-order valence-electron chi connectivity index (χ4n) is 2.55. The molecule has 0 amide bonds. The van der Waals surface area contributed by atoms with Crippen LogP contribution in [-0.2, 0) is 21.3 Å². The lowest BCUT2D eigenvalue weighted by atomic mass is 10.2. The lowest BCUT2D eigenvalue weighted by Gasteiger charge is -2.19. The molecule has 118 valence electrons. The van der Waals surface area contributed by atoms with Gasteiger partial charge in [0.15, 0.2) is 0 Å². The first-order valence-electron chi connectivity index (χ1n) is 7.41. The van der Waals surface area contributed by atoms with Crippen LogP contribution in [0.25, 0.3) is 0 Å². The first-order chi connectivity index (χ1) is 10.1. The number of hydrogen-bond donors (Lipinski definition) is 1. The average molecular weight is 312 g/mol. The average Bonchev–Trinajstić information content (AvgIpc) is 2.98. The van der Waals surface area contributed by atoms with E-state index in [0.29, 0.717) is 24.5 Å². The molecular weight excluding hydrogens is 288 g/mol. The fraction of sp³-hybridized carbons (Fsp3) is 0.600. The van der Waals surface area contributed by atoms with E-state index in [1.807, 2.05) is 12.1 Å². The molecule has 1 aromatic rings. The highest BCUT2D eigenvalue weighted by molar-refractivity contribution is 7.89. The molecule has 1 atom stereocenters. The summed E-state index contributed by atoms with van der Waals surface area (Å²) in [5, 5.41) is 3.27. The Morgan fingerprint density at radius 1 is 1.38 bits per heavy atom. The van der Waals surface area contributed by atoms with Crippen molar-refractivity contribution in [3.8, 4) is 0 Å². The van der Waals surface area contributed by atoms with E-state index in [1.165, 1.54) is 4.31 Å². The molecule has 5 nitrogen and oxygen atoms in total. The highest BCUT2D eigenvalue weighted by Gasteiger charge is 2.33. The van der Waals surface area contributed by atoms with Crippen LogP contribution in [0.2, 0.25) is 0 Å². The Bertz CT molecular complexity index is 560. The number of ether oxygens (including phenoxy) is 1. The van der Waals surface area contributed by atoms with Gasteiger partial charge in [-0.2, -0.15) is 4.31 Å². The van der Waals surface area contributed by atoms with E-state index in [9.17, 15) is 8.42 Å². The van der Waals surface area contributed by atoms with Crippen LogP contribution in [0.15, 0.2) is 29.2 Å². The van der Waals surface area contributed by atoms with Gasteiger partial charge in [0.05, 0.1) is 11.0 Å². The molecule has 0 aliphatic carbocycles. The van der Waals surface area contributed by atoms with Crippen molar-refractivity contribution in [1.82, 2.24) is 9.62 Å². The summed E-state index contributed by atoms with van der Waals surface area (Å²) in [6.45, 7) is 4.51. The molecule has 0 spiro atoms. The molecular formula is C15H24N2O3S. The first-order valence-corrected chi connectivity index (χ1v) is 8.85. The molecule has 1 fully saturated rings. The molecule has 0 saturated carbocycles. The third-order valence-corrected chi connectivity index (χ3v) is 5.74. The molecule has 1 unspecified atom stereocenters. The number of nitrogens with zero attached hydrogens (tertiary/aromatic N) is 1. The van der Waals surface area contributed by atoms with E-state index in [1.54, 1.807) is 19.2 Å². The zero-order valence-electron chi connectivity index (χ0n) is 12.7. The van der Waals surface area contributed by atoms with Gasteiger partial charge in [0, 0.05) is 26.7 Å². The van der Waals surface area contributed by atoms with Crippen LogP contribution in [0, 0.1) is 0 Å². The van der Waals surface area contributed by atoms with Crippen LogP contribution in [0.5, 0.6) is 0 Å². The molecule has 1 saturated heterocycles. The van der Waals surface area contributed by atoms with Gasteiger partial charge >= 0.3 is 0 Å². The molecule has 6 heteroatoms.